The van der Waals surface area contributed by atoms with Gasteiger partial charge in [0.2, 0.25) is 5.89 Å². The van der Waals surface area contributed by atoms with Crippen molar-refractivity contribution >= 4 is 5.91 Å². The molecule has 2 aliphatic heterocycles. The zero-order valence-electron chi connectivity index (χ0n) is 13.0. The van der Waals surface area contributed by atoms with E-state index in [1.807, 2.05) is 4.90 Å². The molecule has 2 fully saturated rings. The molecule has 6 nitrogen and oxygen atoms in total. The summed E-state index contributed by atoms with van der Waals surface area (Å²) >= 11 is 0. The zero-order valence-corrected chi connectivity index (χ0v) is 13.0. The molecule has 6 heteroatoms. The lowest BCUT2D eigenvalue weighted by molar-refractivity contribution is 0.0496. The predicted octanol–water partition coefficient (Wildman–Crippen LogP) is 1.58. The number of likely N-dealkylation sites (tertiary alicyclic amines) is 2. The Morgan fingerprint density at radius 1 is 1.29 bits per heavy atom. The molecule has 1 aromatic rings. The number of carbonyl (C=O) groups excluding carboxylic acids is 1. The van der Waals surface area contributed by atoms with Crippen molar-refractivity contribution in [3.8, 4) is 0 Å². The van der Waals surface area contributed by atoms with Gasteiger partial charge in [0.25, 0.3) is 0 Å². The van der Waals surface area contributed by atoms with Gasteiger partial charge in [-0.2, -0.15) is 0 Å². The Morgan fingerprint density at radius 2 is 2.14 bits per heavy atom. The van der Waals surface area contributed by atoms with Gasteiger partial charge >= 0.3 is 11.8 Å². The van der Waals surface area contributed by atoms with Crippen LogP contribution in [0.25, 0.3) is 0 Å². The molecule has 1 amide bonds. The van der Waals surface area contributed by atoms with Crippen LogP contribution < -0.4 is 0 Å². The van der Waals surface area contributed by atoms with Gasteiger partial charge in [-0.1, -0.05) is 6.92 Å². The zero-order chi connectivity index (χ0) is 14.9. The van der Waals surface area contributed by atoms with Crippen LogP contribution >= 0.6 is 0 Å². The Bertz CT molecular complexity index is 512. The average molecular weight is 292 g/mol. The number of aryl methyl sites for hydroxylation is 1. The van der Waals surface area contributed by atoms with Crippen LogP contribution in [0.15, 0.2) is 4.42 Å². The van der Waals surface area contributed by atoms with Crippen molar-refractivity contribution < 1.29 is 9.21 Å². The Kier molecular flexibility index (Phi) is 3.97. The molecule has 1 spiro atoms. The van der Waals surface area contributed by atoms with Crippen molar-refractivity contribution in [3.63, 3.8) is 0 Å². The summed E-state index contributed by atoms with van der Waals surface area (Å²) in [5.74, 6) is 0.619. The largest absolute Gasteiger partial charge is 0.417 e. The SMILES string of the molecule is CCCc1nnc(C(=O)N2CCC[C@]3(CCN(C)C3)C2)o1. The fourth-order valence-corrected chi connectivity index (χ4v) is 3.66. The smallest absolute Gasteiger partial charge is 0.311 e. The minimum absolute atomic E-state index is 0.0986. The van der Waals surface area contributed by atoms with Crippen LogP contribution in [0.2, 0.25) is 0 Å². The third kappa shape index (κ3) is 2.95. The second-order valence-corrected chi connectivity index (χ2v) is 6.57. The molecule has 0 bridgehead atoms. The summed E-state index contributed by atoms with van der Waals surface area (Å²) in [4.78, 5) is 16.8. The lowest BCUT2D eigenvalue weighted by Crippen LogP contribution is -2.47. The van der Waals surface area contributed by atoms with Crippen molar-refractivity contribution in [1.82, 2.24) is 20.0 Å². The highest BCUT2D eigenvalue weighted by molar-refractivity contribution is 5.89. The fraction of sp³-hybridized carbons (Fsp3) is 0.800. The van der Waals surface area contributed by atoms with E-state index in [0.717, 1.165) is 45.4 Å². The highest BCUT2D eigenvalue weighted by atomic mass is 16.4. The van der Waals surface area contributed by atoms with E-state index in [1.54, 1.807) is 0 Å². The minimum atomic E-state index is -0.0986. The van der Waals surface area contributed by atoms with Crippen LogP contribution in [0.3, 0.4) is 0 Å². The highest BCUT2D eigenvalue weighted by Gasteiger charge is 2.42. The molecule has 3 rings (SSSR count). The van der Waals surface area contributed by atoms with Crippen LogP contribution in [0, 0.1) is 5.41 Å². The van der Waals surface area contributed by atoms with Gasteiger partial charge in [-0.25, -0.2) is 0 Å². The molecule has 116 valence electrons. The maximum absolute atomic E-state index is 12.6. The van der Waals surface area contributed by atoms with Crippen LogP contribution in [0.5, 0.6) is 0 Å². The number of hydrogen-bond donors (Lipinski definition) is 0. The first-order valence-corrected chi connectivity index (χ1v) is 7.92. The number of nitrogens with zero attached hydrogens (tertiary/aromatic N) is 4. The van der Waals surface area contributed by atoms with Crippen molar-refractivity contribution in [3.05, 3.63) is 11.8 Å². The van der Waals surface area contributed by atoms with E-state index in [0.29, 0.717) is 5.89 Å². The summed E-state index contributed by atoms with van der Waals surface area (Å²) in [6.45, 7) is 5.89. The third-order valence-electron chi connectivity index (χ3n) is 4.69. The Labute approximate surface area is 125 Å². The maximum atomic E-state index is 12.6. The van der Waals surface area contributed by atoms with Crippen molar-refractivity contribution in [1.29, 1.82) is 0 Å². The van der Waals surface area contributed by atoms with Gasteiger partial charge in [-0.05, 0) is 39.3 Å². The van der Waals surface area contributed by atoms with Crippen LogP contribution in [-0.2, 0) is 6.42 Å². The maximum Gasteiger partial charge on any atom is 0.311 e. The van der Waals surface area contributed by atoms with Crippen LogP contribution in [0.4, 0.5) is 0 Å². The van der Waals surface area contributed by atoms with Gasteiger partial charge in [0.05, 0.1) is 0 Å². The Morgan fingerprint density at radius 3 is 2.86 bits per heavy atom. The lowest BCUT2D eigenvalue weighted by Gasteiger charge is -2.39. The number of amides is 1. The number of rotatable bonds is 3. The molecule has 0 aliphatic carbocycles. The average Bonchev–Trinajstić information content (AvgIpc) is 3.06. The second-order valence-electron chi connectivity index (χ2n) is 6.57. The summed E-state index contributed by atoms with van der Waals surface area (Å²) in [6, 6.07) is 0. The van der Waals surface area contributed by atoms with Gasteiger partial charge in [-0.15, -0.1) is 10.2 Å². The van der Waals surface area contributed by atoms with Gasteiger partial charge in [0.1, 0.15) is 0 Å². The van der Waals surface area contributed by atoms with Crippen molar-refractivity contribution in [2.75, 3.05) is 33.2 Å². The molecule has 1 atom stereocenters. The standard InChI is InChI=1S/C15H24N4O2/c1-3-5-12-16-17-13(21-12)14(20)19-8-4-6-15(11-19)7-9-18(2)10-15/h3-11H2,1-2H3/t15-/m1/s1. The van der Waals surface area contributed by atoms with Crippen LogP contribution in [-0.4, -0.2) is 59.1 Å². The molecule has 0 N–H and O–H groups in total. The number of hydrogen-bond acceptors (Lipinski definition) is 5. The summed E-state index contributed by atoms with van der Waals surface area (Å²) in [7, 11) is 2.16. The first-order valence-electron chi connectivity index (χ1n) is 7.92. The van der Waals surface area contributed by atoms with Crippen molar-refractivity contribution in [2.45, 2.75) is 39.0 Å². The first-order chi connectivity index (χ1) is 10.1. The molecule has 0 unspecified atom stereocenters. The predicted molar refractivity (Wildman–Crippen MR) is 78.0 cm³/mol. The normalized spacial score (nSPS) is 26.7. The number of carbonyl (C=O) groups is 1. The molecular formula is C15H24N4O2. The van der Waals surface area contributed by atoms with E-state index in [-0.39, 0.29) is 17.2 Å². The lowest BCUT2D eigenvalue weighted by atomic mass is 9.79. The first kappa shape index (κ1) is 14.5. The van der Waals surface area contributed by atoms with Gasteiger partial charge in [0, 0.05) is 31.5 Å². The molecule has 2 saturated heterocycles. The van der Waals surface area contributed by atoms with Crippen LogP contribution in [0.1, 0.15) is 49.2 Å². The molecular weight excluding hydrogens is 268 g/mol. The molecule has 3 heterocycles. The monoisotopic (exact) mass is 292 g/mol. The molecule has 0 saturated carbocycles. The Hall–Kier alpha value is -1.43. The number of piperidine rings is 1. The fourth-order valence-electron chi connectivity index (χ4n) is 3.66. The van der Waals surface area contributed by atoms with Gasteiger partial charge in [-0.3, -0.25) is 4.79 Å². The molecule has 1 aromatic heterocycles. The highest BCUT2D eigenvalue weighted by Crippen LogP contribution is 2.38. The van der Waals surface area contributed by atoms with E-state index < -0.39 is 0 Å². The quantitative estimate of drug-likeness (QED) is 0.846. The van der Waals surface area contributed by atoms with E-state index >= 15 is 0 Å². The topological polar surface area (TPSA) is 62.5 Å². The number of aromatic nitrogens is 2. The third-order valence-corrected chi connectivity index (χ3v) is 4.69. The summed E-state index contributed by atoms with van der Waals surface area (Å²) in [5, 5.41) is 7.87. The van der Waals surface area contributed by atoms with E-state index in [2.05, 4.69) is 29.1 Å². The summed E-state index contributed by atoms with van der Waals surface area (Å²) in [5.41, 5.74) is 0.273. The molecule has 0 radical (unpaired) electrons. The minimum Gasteiger partial charge on any atom is -0.417 e. The van der Waals surface area contributed by atoms with E-state index in [4.69, 9.17) is 4.42 Å². The van der Waals surface area contributed by atoms with E-state index in [1.165, 1.54) is 12.8 Å². The Balaban J connectivity index is 1.69. The summed E-state index contributed by atoms with van der Waals surface area (Å²) in [6.07, 6.45) is 5.13. The summed E-state index contributed by atoms with van der Waals surface area (Å²) < 4.78 is 5.49. The molecule has 2 aliphatic rings. The second kappa shape index (κ2) is 5.75. The van der Waals surface area contributed by atoms with Gasteiger partial charge in [0.15, 0.2) is 0 Å². The van der Waals surface area contributed by atoms with Crippen molar-refractivity contribution in [2.24, 2.45) is 5.41 Å². The van der Waals surface area contributed by atoms with E-state index in [9.17, 15) is 4.79 Å². The molecule has 0 aromatic carbocycles. The molecule has 21 heavy (non-hydrogen) atoms. The van der Waals surface area contributed by atoms with Gasteiger partial charge < -0.3 is 14.2 Å².